The van der Waals surface area contributed by atoms with Crippen molar-refractivity contribution in [1.29, 1.82) is 0 Å². The van der Waals surface area contributed by atoms with Gasteiger partial charge >= 0.3 is 0 Å². The molecule has 2 aromatic rings. The van der Waals surface area contributed by atoms with E-state index >= 15 is 0 Å². The summed E-state index contributed by atoms with van der Waals surface area (Å²) in [7, 11) is 1.56. The van der Waals surface area contributed by atoms with Gasteiger partial charge in [0.15, 0.2) is 0 Å². The van der Waals surface area contributed by atoms with Gasteiger partial charge in [-0.15, -0.1) is 0 Å². The topological polar surface area (TPSA) is 58.6 Å². The number of rotatable bonds is 6. The molecule has 1 aliphatic rings. The third kappa shape index (κ3) is 4.35. The second kappa shape index (κ2) is 8.23. The van der Waals surface area contributed by atoms with Gasteiger partial charge in [-0.1, -0.05) is 35.9 Å². The number of nitrogens with one attached hydrogen (secondary N) is 1. The van der Waals surface area contributed by atoms with Crippen LogP contribution in [-0.4, -0.2) is 36.9 Å². The van der Waals surface area contributed by atoms with Crippen molar-refractivity contribution >= 4 is 29.1 Å². The summed E-state index contributed by atoms with van der Waals surface area (Å²) in [5, 5.41) is 3.56. The molecule has 1 saturated heterocycles. The Labute approximate surface area is 157 Å². The third-order valence-electron chi connectivity index (χ3n) is 4.53. The summed E-state index contributed by atoms with van der Waals surface area (Å²) in [6.45, 7) is 1.03. The van der Waals surface area contributed by atoms with Crippen LogP contribution in [0.5, 0.6) is 5.75 Å². The van der Waals surface area contributed by atoms with Crippen LogP contribution in [0.4, 0.5) is 5.69 Å². The number of para-hydroxylation sites is 2. The lowest BCUT2D eigenvalue weighted by molar-refractivity contribution is -0.128. The zero-order chi connectivity index (χ0) is 18.5. The molecule has 0 aromatic heterocycles. The van der Waals surface area contributed by atoms with E-state index in [1.165, 1.54) is 0 Å². The molecular formula is C20H21ClN2O3. The van der Waals surface area contributed by atoms with Gasteiger partial charge in [-0.05, 0) is 36.2 Å². The maximum absolute atomic E-state index is 12.5. The second-order valence-corrected chi connectivity index (χ2v) is 6.74. The first-order valence-electron chi connectivity index (χ1n) is 8.53. The molecule has 1 unspecified atom stereocenters. The lowest BCUT2D eigenvalue weighted by atomic mass is 10.1. The molecule has 2 aromatic carbocycles. The molecule has 26 heavy (non-hydrogen) atoms. The van der Waals surface area contributed by atoms with E-state index in [4.69, 9.17) is 16.3 Å². The molecule has 5 nitrogen and oxygen atoms in total. The van der Waals surface area contributed by atoms with E-state index in [1.54, 1.807) is 24.1 Å². The summed E-state index contributed by atoms with van der Waals surface area (Å²) in [6.07, 6.45) is 0.978. The third-order valence-corrected chi connectivity index (χ3v) is 4.79. The van der Waals surface area contributed by atoms with E-state index in [0.717, 1.165) is 12.0 Å². The molecule has 0 spiro atoms. The van der Waals surface area contributed by atoms with E-state index < -0.39 is 0 Å². The van der Waals surface area contributed by atoms with Gasteiger partial charge < -0.3 is 15.0 Å². The minimum Gasteiger partial charge on any atom is -0.495 e. The van der Waals surface area contributed by atoms with E-state index in [2.05, 4.69) is 5.32 Å². The molecule has 1 aliphatic heterocycles. The summed E-state index contributed by atoms with van der Waals surface area (Å²) in [5.74, 6) is 0.110. The Bertz CT molecular complexity index is 792. The van der Waals surface area contributed by atoms with Crippen LogP contribution in [-0.2, 0) is 16.0 Å². The molecule has 0 bridgehead atoms. The number of anilines is 1. The Hall–Kier alpha value is -2.53. The number of ether oxygens (including phenoxy) is 1. The van der Waals surface area contributed by atoms with Gasteiger partial charge in [0.25, 0.3) is 0 Å². The van der Waals surface area contributed by atoms with Gasteiger partial charge in [0.1, 0.15) is 5.75 Å². The number of hydrogen-bond acceptors (Lipinski definition) is 3. The number of likely N-dealkylation sites (tertiary alicyclic amines) is 1. The maximum atomic E-state index is 12.5. The van der Waals surface area contributed by atoms with Crippen LogP contribution in [0.2, 0.25) is 5.02 Å². The van der Waals surface area contributed by atoms with E-state index in [9.17, 15) is 9.59 Å². The van der Waals surface area contributed by atoms with Gasteiger partial charge in [0, 0.05) is 24.5 Å². The van der Waals surface area contributed by atoms with E-state index in [1.807, 2.05) is 36.4 Å². The molecule has 2 amide bonds. The molecule has 0 aliphatic carbocycles. The summed E-state index contributed by atoms with van der Waals surface area (Å²) < 4.78 is 5.25. The van der Waals surface area contributed by atoms with Crippen LogP contribution in [0, 0.1) is 5.92 Å². The lowest BCUT2D eigenvalue weighted by Crippen LogP contribution is -2.30. The Morgan fingerprint density at radius 3 is 2.69 bits per heavy atom. The molecule has 1 fully saturated rings. The Kier molecular flexibility index (Phi) is 5.78. The van der Waals surface area contributed by atoms with Crippen molar-refractivity contribution in [3.63, 3.8) is 0 Å². The number of hydrogen-bond donors (Lipinski definition) is 1. The summed E-state index contributed by atoms with van der Waals surface area (Å²) >= 11 is 5.89. The van der Waals surface area contributed by atoms with E-state index in [-0.39, 0.29) is 24.2 Å². The highest BCUT2D eigenvalue weighted by atomic mass is 35.5. The number of benzene rings is 2. The molecule has 3 rings (SSSR count). The normalized spacial score (nSPS) is 16.6. The molecule has 1 atom stereocenters. The minimum absolute atomic E-state index is 0.0131. The molecule has 1 N–H and O–H groups in total. The minimum atomic E-state index is -0.349. The average Bonchev–Trinajstić information content (AvgIpc) is 3.02. The van der Waals surface area contributed by atoms with Crippen LogP contribution in [0.1, 0.15) is 12.0 Å². The fraction of sp³-hybridized carbons (Fsp3) is 0.300. The van der Waals surface area contributed by atoms with Crippen LogP contribution in [0.25, 0.3) is 0 Å². The van der Waals surface area contributed by atoms with E-state index in [0.29, 0.717) is 29.5 Å². The fourth-order valence-electron chi connectivity index (χ4n) is 3.06. The highest BCUT2D eigenvalue weighted by molar-refractivity contribution is 6.30. The van der Waals surface area contributed by atoms with Crippen molar-refractivity contribution in [3.8, 4) is 5.75 Å². The van der Waals surface area contributed by atoms with Gasteiger partial charge in [0.05, 0.1) is 18.7 Å². The number of methoxy groups -OCH3 is 1. The SMILES string of the molecule is COc1ccccc1NC(=O)C1CC(=O)N(CCc2ccc(Cl)cc2)C1. The Balaban J connectivity index is 1.56. The Morgan fingerprint density at radius 2 is 1.96 bits per heavy atom. The number of amides is 2. The van der Waals surface area contributed by atoms with Crippen LogP contribution >= 0.6 is 11.6 Å². The summed E-state index contributed by atoms with van der Waals surface area (Å²) in [4.78, 5) is 26.5. The predicted octanol–water partition coefficient (Wildman–Crippen LogP) is 3.38. The number of nitrogens with zero attached hydrogens (tertiary/aromatic N) is 1. The second-order valence-electron chi connectivity index (χ2n) is 6.31. The molecular weight excluding hydrogens is 352 g/mol. The summed E-state index contributed by atoms with van der Waals surface area (Å²) in [6, 6.07) is 14.8. The molecule has 1 heterocycles. The molecule has 6 heteroatoms. The smallest absolute Gasteiger partial charge is 0.229 e. The number of carbonyl (C=O) groups excluding carboxylic acids is 2. The van der Waals surface area contributed by atoms with Crippen molar-refractivity contribution in [2.45, 2.75) is 12.8 Å². The van der Waals surface area contributed by atoms with Gasteiger partial charge in [-0.3, -0.25) is 9.59 Å². The van der Waals surface area contributed by atoms with Crippen molar-refractivity contribution in [3.05, 3.63) is 59.1 Å². The van der Waals surface area contributed by atoms with Crippen LogP contribution < -0.4 is 10.1 Å². The van der Waals surface area contributed by atoms with Crippen molar-refractivity contribution in [2.75, 3.05) is 25.5 Å². The monoisotopic (exact) mass is 372 g/mol. The fourth-order valence-corrected chi connectivity index (χ4v) is 3.19. The Morgan fingerprint density at radius 1 is 1.23 bits per heavy atom. The first kappa shape index (κ1) is 18.3. The predicted molar refractivity (Wildman–Crippen MR) is 101 cm³/mol. The molecule has 0 saturated carbocycles. The highest BCUT2D eigenvalue weighted by Crippen LogP contribution is 2.26. The van der Waals surface area contributed by atoms with Gasteiger partial charge in [0.2, 0.25) is 11.8 Å². The average molecular weight is 373 g/mol. The molecule has 136 valence electrons. The standard InChI is InChI=1S/C20H21ClN2O3/c1-26-18-5-3-2-4-17(18)22-20(25)15-12-19(24)23(13-15)11-10-14-6-8-16(21)9-7-14/h2-9,15H,10-13H2,1H3,(H,22,25). The van der Waals surface area contributed by atoms with Gasteiger partial charge in [-0.25, -0.2) is 0 Å². The maximum Gasteiger partial charge on any atom is 0.229 e. The quantitative estimate of drug-likeness (QED) is 0.845. The number of halogens is 1. The largest absolute Gasteiger partial charge is 0.495 e. The van der Waals surface area contributed by atoms with Crippen molar-refractivity contribution in [1.82, 2.24) is 4.90 Å². The van der Waals surface area contributed by atoms with Crippen molar-refractivity contribution < 1.29 is 14.3 Å². The first-order valence-corrected chi connectivity index (χ1v) is 8.90. The zero-order valence-electron chi connectivity index (χ0n) is 14.6. The molecule has 0 radical (unpaired) electrons. The number of carbonyl (C=O) groups is 2. The first-order chi connectivity index (χ1) is 12.6. The van der Waals surface area contributed by atoms with Crippen LogP contribution in [0.15, 0.2) is 48.5 Å². The zero-order valence-corrected chi connectivity index (χ0v) is 15.3. The lowest BCUT2D eigenvalue weighted by Gasteiger charge is -2.17. The summed E-state index contributed by atoms with van der Waals surface area (Å²) in [5.41, 5.74) is 1.73. The van der Waals surface area contributed by atoms with Gasteiger partial charge in [-0.2, -0.15) is 0 Å². The highest BCUT2D eigenvalue weighted by Gasteiger charge is 2.34. The van der Waals surface area contributed by atoms with Crippen molar-refractivity contribution in [2.24, 2.45) is 5.92 Å². The van der Waals surface area contributed by atoms with Crippen LogP contribution in [0.3, 0.4) is 0 Å².